The fourth-order valence-electron chi connectivity index (χ4n) is 3.47. The van der Waals surface area contributed by atoms with E-state index in [1.54, 1.807) is 34.9 Å². The molecule has 0 aliphatic carbocycles. The van der Waals surface area contributed by atoms with Crippen molar-refractivity contribution in [2.24, 2.45) is 0 Å². The van der Waals surface area contributed by atoms with Crippen LogP contribution >= 0.6 is 0 Å². The van der Waals surface area contributed by atoms with Gasteiger partial charge in [-0.2, -0.15) is 0 Å². The van der Waals surface area contributed by atoms with E-state index in [0.29, 0.717) is 23.0 Å². The fourth-order valence-corrected chi connectivity index (χ4v) is 3.47. The molecule has 0 saturated carbocycles. The minimum Gasteiger partial charge on any atom is -0.478 e. The van der Waals surface area contributed by atoms with Gasteiger partial charge in [0.15, 0.2) is 0 Å². The molecule has 4 rings (SSSR count). The summed E-state index contributed by atoms with van der Waals surface area (Å²) in [5.41, 5.74) is 2.75. The summed E-state index contributed by atoms with van der Waals surface area (Å²) in [5, 5.41) is 9.52. The van der Waals surface area contributed by atoms with E-state index in [4.69, 9.17) is 5.11 Å². The molecule has 150 valence electrons. The molecule has 6 heteroatoms. The highest BCUT2D eigenvalue weighted by Crippen LogP contribution is 2.12. The van der Waals surface area contributed by atoms with Crippen molar-refractivity contribution in [3.8, 4) is 0 Å². The van der Waals surface area contributed by atoms with Gasteiger partial charge in [-0.15, -0.1) is 0 Å². The number of carboxylic acid groups (broad SMARTS) is 1. The fraction of sp³-hybridized carbons (Fsp3) is 0.125. The van der Waals surface area contributed by atoms with Crippen LogP contribution in [0.1, 0.15) is 27.0 Å². The van der Waals surface area contributed by atoms with Gasteiger partial charge in [0.25, 0.3) is 5.56 Å². The molecule has 1 N–H and O–H groups in total. The van der Waals surface area contributed by atoms with Gasteiger partial charge >= 0.3 is 11.7 Å². The van der Waals surface area contributed by atoms with Gasteiger partial charge < -0.3 is 5.11 Å². The van der Waals surface area contributed by atoms with Crippen molar-refractivity contribution in [1.82, 2.24) is 9.13 Å². The molecule has 0 unspecified atom stereocenters. The quantitative estimate of drug-likeness (QED) is 0.558. The van der Waals surface area contributed by atoms with Gasteiger partial charge in [0.1, 0.15) is 0 Å². The van der Waals surface area contributed by atoms with Crippen LogP contribution in [0.15, 0.2) is 82.4 Å². The number of fused-ring (bicyclic) bond motifs is 1. The van der Waals surface area contributed by atoms with Crippen LogP contribution in [-0.4, -0.2) is 20.2 Å². The first-order valence-corrected chi connectivity index (χ1v) is 9.54. The van der Waals surface area contributed by atoms with Crippen LogP contribution in [0.2, 0.25) is 0 Å². The van der Waals surface area contributed by atoms with Gasteiger partial charge in [0, 0.05) is 0 Å². The summed E-state index contributed by atoms with van der Waals surface area (Å²) in [5.74, 6) is -1.02. The Morgan fingerprint density at radius 3 is 2.00 bits per heavy atom. The van der Waals surface area contributed by atoms with Crippen LogP contribution in [0.3, 0.4) is 0 Å². The van der Waals surface area contributed by atoms with E-state index in [1.807, 2.05) is 37.3 Å². The normalized spacial score (nSPS) is 11.0. The summed E-state index contributed by atoms with van der Waals surface area (Å²) in [6.07, 6.45) is 0. The van der Waals surface area contributed by atoms with Crippen molar-refractivity contribution >= 4 is 16.9 Å². The van der Waals surface area contributed by atoms with Gasteiger partial charge in [-0.25, -0.2) is 9.59 Å². The molecule has 0 fully saturated rings. The number of aromatic carboxylic acids is 1. The van der Waals surface area contributed by atoms with Gasteiger partial charge in [-0.05, 0) is 42.3 Å². The predicted octanol–water partition coefficient (Wildman–Crippen LogP) is 3.27. The first kappa shape index (κ1) is 19.4. The molecule has 4 aromatic rings. The van der Waals surface area contributed by atoms with Crippen LogP contribution in [0, 0.1) is 6.92 Å². The molecule has 0 atom stereocenters. The van der Waals surface area contributed by atoms with Gasteiger partial charge in [-0.1, -0.05) is 54.1 Å². The Morgan fingerprint density at radius 2 is 1.37 bits per heavy atom. The molecule has 0 radical (unpaired) electrons. The van der Waals surface area contributed by atoms with Crippen LogP contribution in [-0.2, 0) is 13.1 Å². The lowest BCUT2D eigenvalue weighted by Gasteiger charge is -2.14. The highest BCUT2D eigenvalue weighted by atomic mass is 16.4. The number of hydrogen-bond acceptors (Lipinski definition) is 3. The lowest BCUT2D eigenvalue weighted by atomic mass is 10.1. The largest absolute Gasteiger partial charge is 0.478 e. The lowest BCUT2D eigenvalue weighted by molar-refractivity contribution is 0.0697. The zero-order chi connectivity index (χ0) is 21.3. The maximum atomic E-state index is 13.3. The summed E-state index contributed by atoms with van der Waals surface area (Å²) in [4.78, 5) is 37.4. The smallest absolute Gasteiger partial charge is 0.335 e. The molecule has 0 saturated heterocycles. The molecule has 0 aliphatic rings. The number of carbonyl (C=O) groups is 1. The Kier molecular flexibility index (Phi) is 5.06. The van der Waals surface area contributed by atoms with E-state index < -0.39 is 11.7 Å². The molecule has 1 heterocycles. The van der Waals surface area contributed by atoms with Crippen molar-refractivity contribution in [3.63, 3.8) is 0 Å². The monoisotopic (exact) mass is 400 g/mol. The van der Waals surface area contributed by atoms with Crippen LogP contribution < -0.4 is 11.2 Å². The van der Waals surface area contributed by atoms with E-state index in [-0.39, 0.29) is 17.7 Å². The molecule has 3 aromatic carbocycles. The van der Waals surface area contributed by atoms with Crippen LogP contribution in [0.25, 0.3) is 10.9 Å². The Labute approximate surface area is 172 Å². The summed E-state index contributed by atoms with van der Waals surface area (Å²) in [6, 6.07) is 21.2. The summed E-state index contributed by atoms with van der Waals surface area (Å²) in [6.45, 7) is 2.41. The SMILES string of the molecule is Cc1ccc(Cn2c(=O)n(Cc3ccc(C(=O)O)cc3)c(=O)c3ccccc32)cc1. The standard InChI is InChI=1S/C24H20N2O4/c1-16-6-8-17(9-7-16)14-25-21-5-3-2-4-20(21)22(27)26(24(25)30)15-18-10-12-19(13-11-18)23(28)29/h2-13H,14-15H2,1H3,(H,28,29). The molecule has 1 aromatic heterocycles. The van der Waals surface area contributed by atoms with Crippen molar-refractivity contribution in [3.05, 3.63) is 116 Å². The Morgan fingerprint density at radius 1 is 0.800 bits per heavy atom. The topological polar surface area (TPSA) is 81.3 Å². The Bertz CT molecular complexity index is 1350. The third kappa shape index (κ3) is 3.67. The zero-order valence-electron chi connectivity index (χ0n) is 16.4. The van der Waals surface area contributed by atoms with Crippen molar-refractivity contribution in [2.45, 2.75) is 20.0 Å². The first-order valence-electron chi connectivity index (χ1n) is 9.54. The number of para-hydroxylation sites is 1. The molecule has 0 spiro atoms. The molecule has 6 nitrogen and oxygen atoms in total. The maximum absolute atomic E-state index is 13.3. The van der Waals surface area contributed by atoms with E-state index in [9.17, 15) is 14.4 Å². The minimum atomic E-state index is -1.02. The second kappa shape index (κ2) is 7.83. The summed E-state index contributed by atoms with van der Waals surface area (Å²) >= 11 is 0. The average Bonchev–Trinajstić information content (AvgIpc) is 2.76. The molecule has 30 heavy (non-hydrogen) atoms. The summed E-state index contributed by atoms with van der Waals surface area (Å²) in [7, 11) is 0. The van der Waals surface area contributed by atoms with Crippen molar-refractivity contribution < 1.29 is 9.90 Å². The number of hydrogen-bond donors (Lipinski definition) is 1. The average molecular weight is 400 g/mol. The van der Waals surface area contributed by atoms with Gasteiger partial charge in [-0.3, -0.25) is 13.9 Å². The number of aryl methyl sites for hydroxylation is 1. The second-order valence-electron chi connectivity index (χ2n) is 7.26. The highest BCUT2D eigenvalue weighted by Gasteiger charge is 2.14. The van der Waals surface area contributed by atoms with Crippen LogP contribution in [0.4, 0.5) is 0 Å². The zero-order valence-corrected chi connectivity index (χ0v) is 16.4. The Balaban J connectivity index is 1.83. The number of carboxylic acids is 1. The minimum absolute atomic E-state index is 0.0658. The highest BCUT2D eigenvalue weighted by molar-refractivity contribution is 5.87. The number of benzene rings is 3. The number of nitrogens with zero attached hydrogens (tertiary/aromatic N) is 2. The predicted molar refractivity (Wildman–Crippen MR) is 115 cm³/mol. The lowest BCUT2D eigenvalue weighted by Crippen LogP contribution is -2.40. The molecule has 0 aliphatic heterocycles. The number of rotatable bonds is 5. The molecular weight excluding hydrogens is 380 g/mol. The van der Waals surface area contributed by atoms with E-state index in [1.165, 1.54) is 16.7 Å². The first-order chi connectivity index (χ1) is 14.4. The van der Waals surface area contributed by atoms with E-state index >= 15 is 0 Å². The number of aromatic nitrogens is 2. The molecular formula is C24H20N2O4. The van der Waals surface area contributed by atoms with Crippen molar-refractivity contribution in [1.29, 1.82) is 0 Å². The second-order valence-corrected chi connectivity index (χ2v) is 7.26. The van der Waals surface area contributed by atoms with Gasteiger partial charge in [0.2, 0.25) is 0 Å². The Hall–Kier alpha value is -3.93. The third-order valence-corrected chi connectivity index (χ3v) is 5.14. The van der Waals surface area contributed by atoms with Gasteiger partial charge in [0.05, 0.1) is 29.6 Å². The van der Waals surface area contributed by atoms with Crippen LogP contribution in [0.5, 0.6) is 0 Å². The van der Waals surface area contributed by atoms with Crippen molar-refractivity contribution in [2.75, 3.05) is 0 Å². The molecule has 0 amide bonds. The third-order valence-electron chi connectivity index (χ3n) is 5.14. The molecule has 0 bridgehead atoms. The maximum Gasteiger partial charge on any atom is 0.335 e. The van der Waals surface area contributed by atoms with E-state index in [2.05, 4.69) is 0 Å². The summed E-state index contributed by atoms with van der Waals surface area (Å²) < 4.78 is 2.80. The van der Waals surface area contributed by atoms with E-state index in [0.717, 1.165) is 11.1 Å².